The van der Waals surface area contributed by atoms with Gasteiger partial charge in [-0.3, -0.25) is 0 Å². The molecule has 1 N–H and O–H groups in total. The normalized spacial score (nSPS) is 18.5. The average Bonchev–Trinajstić information content (AvgIpc) is 3.17. The van der Waals surface area contributed by atoms with Crippen LogP contribution in [-0.2, 0) is 12.8 Å². The molecule has 4 rings (SSSR count). The van der Waals surface area contributed by atoms with Crippen molar-refractivity contribution < 1.29 is 14.3 Å². The van der Waals surface area contributed by atoms with Gasteiger partial charge in [-0.05, 0) is 67.7 Å². The third kappa shape index (κ3) is 1.68. The van der Waals surface area contributed by atoms with Crippen molar-refractivity contribution in [2.45, 2.75) is 44.4 Å². The van der Waals surface area contributed by atoms with Crippen LogP contribution in [0.5, 0.6) is 0 Å². The molecular formula is C16H16O3. The maximum atomic E-state index is 11.4. The molecule has 0 bridgehead atoms. The molecule has 1 aromatic heterocycles. The number of rotatable bonds is 2. The van der Waals surface area contributed by atoms with Crippen molar-refractivity contribution in [1.82, 2.24) is 0 Å². The predicted octanol–water partition coefficient (Wildman–Crippen LogP) is 3.89. The van der Waals surface area contributed by atoms with Crippen molar-refractivity contribution in [2.75, 3.05) is 0 Å². The first-order chi connectivity index (χ1) is 9.24. The van der Waals surface area contributed by atoms with Crippen LogP contribution in [0.15, 0.2) is 16.5 Å². The van der Waals surface area contributed by atoms with E-state index in [9.17, 15) is 9.90 Å². The standard InChI is InChI=1S/C16H16O3/c17-16(18)15-14(9-5-6-9)12-7-10-3-1-2-4-11(10)8-13(12)19-15/h7-9H,1-6H2,(H,17,18). The molecule has 0 unspecified atom stereocenters. The number of hydrogen-bond acceptors (Lipinski definition) is 2. The zero-order valence-corrected chi connectivity index (χ0v) is 10.7. The van der Waals surface area contributed by atoms with Crippen molar-refractivity contribution in [3.8, 4) is 0 Å². The highest BCUT2D eigenvalue weighted by Crippen LogP contribution is 2.46. The molecule has 1 saturated carbocycles. The smallest absolute Gasteiger partial charge is 0.372 e. The number of fused-ring (bicyclic) bond motifs is 2. The zero-order chi connectivity index (χ0) is 13.0. The first kappa shape index (κ1) is 11.1. The van der Waals surface area contributed by atoms with Crippen molar-refractivity contribution in [1.29, 1.82) is 0 Å². The van der Waals surface area contributed by atoms with Gasteiger partial charge in [0.05, 0.1) is 0 Å². The van der Waals surface area contributed by atoms with Gasteiger partial charge in [0, 0.05) is 10.9 Å². The molecule has 1 fully saturated rings. The summed E-state index contributed by atoms with van der Waals surface area (Å²) in [4.78, 5) is 11.4. The van der Waals surface area contributed by atoms with Crippen LogP contribution in [0.4, 0.5) is 0 Å². The van der Waals surface area contributed by atoms with Gasteiger partial charge in [0.25, 0.3) is 0 Å². The second kappa shape index (κ2) is 3.86. The molecule has 0 radical (unpaired) electrons. The number of carboxylic acids is 1. The van der Waals surface area contributed by atoms with Crippen LogP contribution in [0, 0.1) is 0 Å². The van der Waals surface area contributed by atoms with E-state index in [1.165, 1.54) is 24.0 Å². The van der Waals surface area contributed by atoms with Crippen LogP contribution in [0.3, 0.4) is 0 Å². The van der Waals surface area contributed by atoms with Gasteiger partial charge in [-0.2, -0.15) is 0 Å². The molecule has 2 aliphatic carbocycles. The fraction of sp³-hybridized carbons (Fsp3) is 0.438. The van der Waals surface area contributed by atoms with Crippen LogP contribution in [-0.4, -0.2) is 11.1 Å². The summed E-state index contributed by atoms with van der Waals surface area (Å²) >= 11 is 0. The number of carboxylic acid groups (broad SMARTS) is 1. The molecule has 2 aliphatic rings. The lowest BCUT2D eigenvalue weighted by Gasteiger charge is -2.15. The first-order valence-corrected chi connectivity index (χ1v) is 7.05. The second-order valence-electron chi connectivity index (χ2n) is 5.75. The van der Waals surface area contributed by atoms with Gasteiger partial charge >= 0.3 is 5.97 Å². The summed E-state index contributed by atoms with van der Waals surface area (Å²) < 4.78 is 5.63. The third-order valence-corrected chi connectivity index (χ3v) is 4.37. The second-order valence-corrected chi connectivity index (χ2v) is 5.75. The molecule has 2 aromatic rings. The Balaban J connectivity index is 1.99. The lowest BCUT2D eigenvalue weighted by atomic mass is 9.90. The van der Waals surface area contributed by atoms with Crippen molar-refractivity contribution in [2.24, 2.45) is 0 Å². The van der Waals surface area contributed by atoms with Gasteiger partial charge in [0.1, 0.15) is 5.58 Å². The number of furan rings is 1. The van der Waals surface area contributed by atoms with E-state index in [0.717, 1.165) is 42.2 Å². The van der Waals surface area contributed by atoms with E-state index in [4.69, 9.17) is 4.42 Å². The molecule has 3 nitrogen and oxygen atoms in total. The molecule has 1 heterocycles. The Morgan fingerprint density at radius 2 is 1.84 bits per heavy atom. The lowest BCUT2D eigenvalue weighted by molar-refractivity contribution is 0.0663. The summed E-state index contributed by atoms with van der Waals surface area (Å²) in [5.41, 5.74) is 4.43. The van der Waals surface area contributed by atoms with Gasteiger partial charge in [0.15, 0.2) is 0 Å². The maximum absolute atomic E-state index is 11.4. The number of benzene rings is 1. The summed E-state index contributed by atoms with van der Waals surface area (Å²) in [7, 11) is 0. The summed E-state index contributed by atoms with van der Waals surface area (Å²) in [5.74, 6) is -0.370. The van der Waals surface area contributed by atoms with Gasteiger partial charge < -0.3 is 9.52 Å². The molecule has 19 heavy (non-hydrogen) atoms. The van der Waals surface area contributed by atoms with E-state index >= 15 is 0 Å². The number of aromatic carboxylic acids is 1. The fourth-order valence-corrected chi connectivity index (χ4v) is 3.28. The lowest BCUT2D eigenvalue weighted by Crippen LogP contribution is -2.02. The van der Waals surface area contributed by atoms with Gasteiger partial charge in [-0.1, -0.05) is 0 Å². The summed E-state index contributed by atoms with van der Waals surface area (Å²) in [5, 5.41) is 10.4. The van der Waals surface area contributed by atoms with Gasteiger partial charge in [-0.25, -0.2) is 4.79 Å². The average molecular weight is 256 g/mol. The highest BCUT2D eigenvalue weighted by Gasteiger charge is 2.33. The van der Waals surface area contributed by atoms with E-state index in [-0.39, 0.29) is 5.76 Å². The van der Waals surface area contributed by atoms with E-state index < -0.39 is 5.97 Å². The summed E-state index contributed by atoms with van der Waals surface area (Å²) in [6, 6.07) is 4.26. The SMILES string of the molecule is O=C(O)c1oc2cc3c(cc2c1C1CC1)CCCC3. The third-order valence-electron chi connectivity index (χ3n) is 4.37. The van der Waals surface area contributed by atoms with Gasteiger partial charge in [-0.15, -0.1) is 0 Å². The Bertz CT molecular complexity index is 677. The zero-order valence-electron chi connectivity index (χ0n) is 10.7. The molecule has 1 aromatic carbocycles. The van der Waals surface area contributed by atoms with E-state index in [0.29, 0.717) is 5.92 Å². The Morgan fingerprint density at radius 1 is 1.16 bits per heavy atom. The molecule has 0 amide bonds. The van der Waals surface area contributed by atoms with E-state index in [1.807, 2.05) is 0 Å². The minimum Gasteiger partial charge on any atom is -0.475 e. The Morgan fingerprint density at radius 3 is 2.47 bits per heavy atom. The largest absolute Gasteiger partial charge is 0.475 e. The molecule has 0 saturated heterocycles. The maximum Gasteiger partial charge on any atom is 0.372 e. The fourth-order valence-electron chi connectivity index (χ4n) is 3.28. The first-order valence-electron chi connectivity index (χ1n) is 7.05. The topological polar surface area (TPSA) is 50.4 Å². The highest BCUT2D eigenvalue weighted by molar-refractivity contribution is 5.96. The van der Waals surface area contributed by atoms with E-state index in [2.05, 4.69) is 12.1 Å². The Hall–Kier alpha value is -1.77. The predicted molar refractivity (Wildman–Crippen MR) is 71.8 cm³/mol. The summed E-state index contributed by atoms with van der Waals surface area (Å²) in [6.45, 7) is 0. The van der Waals surface area contributed by atoms with Crippen LogP contribution in [0.2, 0.25) is 0 Å². The van der Waals surface area contributed by atoms with Gasteiger partial charge in [0.2, 0.25) is 5.76 Å². The quantitative estimate of drug-likeness (QED) is 0.886. The minimum absolute atomic E-state index is 0.167. The molecule has 0 aliphatic heterocycles. The van der Waals surface area contributed by atoms with Crippen molar-refractivity contribution >= 4 is 16.9 Å². The summed E-state index contributed by atoms with van der Waals surface area (Å²) in [6.07, 6.45) is 6.84. The van der Waals surface area contributed by atoms with Crippen LogP contribution in [0.25, 0.3) is 11.0 Å². The van der Waals surface area contributed by atoms with E-state index in [1.54, 1.807) is 0 Å². The van der Waals surface area contributed by atoms with Crippen LogP contribution >= 0.6 is 0 Å². The molecule has 0 atom stereocenters. The molecule has 98 valence electrons. The Labute approximate surface area is 111 Å². The molecule has 3 heteroatoms. The molecule has 0 spiro atoms. The van der Waals surface area contributed by atoms with Crippen LogP contribution in [0.1, 0.15) is 58.8 Å². The van der Waals surface area contributed by atoms with Crippen molar-refractivity contribution in [3.05, 3.63) is 34.6 Å². The molecular weight excluding hydrogens is 240 g/mol. The monoisotopic (exact) mass is 256 g/mol. The number of hydrogen-bond donors (Lipinski definition) is 1. The Kier molecular flexibility index (Phi) is 2.25. The number of aryl methyl sites for hydroxylation is 2. The van der Waals surface area contributed by atoms with Crippen LogP contribution < -0.4 is 0 Å². The minimum atomic E-state index is -0.934. The number of carbonyl (C=O) groups is 1. The van der Waals surface area contributed by atoms with Crippen molar-refractivity contribution in [3.63, 3.8) is 0 Å². The highest BCUT2D eigenvalue weighted by atomic mass is 16.4.